The summed E-state index contributed by atoms with van der Waals surface area (Å²) in [4.78, 5) is 12.6. The number of nitrogens with two attached hydrogens (primary N) is 1. The molecule has 0 bridgehead atoms. The summed E-state index contributed by atoms with van der Waals surface area (Å²) in [5, 5.41) is 8.59. The lowest BCUT2D eigenvalue weighted by Gasteiger charge is -2.17. The molecule has 5 nitrogen and oxygen atoms in total. The molecule has 1 aromatic carbocycles. The molecule has 0 saturated carbocycles. The van der Waals surface area contributed by atoms with Gasteiger partial charge in [0.15, 0.2) is 0 Å². The van der Waals surface area contributed by atoms with Crippen LogP contribution in [0.2, 0.25) is 0 Å². The molecule has 0 heterocycles. The molecule has 0 aliphatic carbocycles. The number of hydrogen-bond acceptors (Lipinski definition) is 4. The lowest BCUT2D eigenvalue weighted by Crippen LogP contribution is -2.34. The highest BCUT2D eigenvalue weighted by Gasteiger charge is 2.10. The topological polar surface area (TPSA) is 75.8 Å². The van der Waals surface area contributed by atoms with Crippen LogP contribution in [0.4, 0.5) is 5.69 Å². The Labute approximate surface area is 107 Å². The van der Waals surface area contributed by atoms with E-state index < -0.39 is 12.0 Å². The molecule has 3 N–H and O–H groups in total. The first-order valence-electron chi connectivity index (χ1n) is 5.90. The average Bonchev–Trinajstić information content (AvgIpc) is 2.38. The Kier molecular flexibility index (Phi) is 5.61. The summed E-state index contributed by atoms with van der Waals surface area (Å²) in [5.41, 5.74) is 7.47. The van der Waals surface area contributed by atoms with E-state index in [1.807, 2.05) is 31.3 Å². The fraction of sp³-hybridized carbons (Fsp3) is 0.462. The van der Waals surface area contributed by atoms with Gasteiger partial charge in [-0.15, -0.1) is 0 Å². The Morgan fingerprint density at radius 1 is 1.44 bits per heavy atom. The molecule has 0 saturated heterocycles. The van der Waals surface area contributed by atoms with Gasteiger partial charge in [-0.25, -0.2) is 0 Å². The fourth-order valence-electron chi connectivity index (χ4n) is 1.40. The average molecular weight is 252 g/mol. The summed E-state index contributed by atoms with van der Waals surface area (Å²) in [7, 11) is 2.03. The van der Waals surface area contributed by atoms with Gasteiger partial charge in [0.1, 0.15) is 6.04 Å². The van der Waals surface area contributed by atoms with Crippen LogP contribution in [0, 0.1) is 0 Å². The summed E-state index contributed by atoms with van der Waals surface area (Å²) >= 11 is 0. The molecule has 0 unspecified atom stereocenters. The zero-order valence-corrected chi connectivity index (χ0v) is 10.8. The molecular weight excluding hydrogens is 232 g/mol. The minimum Gasteiger partial charge on any atom is -0.480 e. The summed E-state index contributed by atoms with van der Waals surface area (Å²) in [6, 6.07) is 7.00. The van der Waals surface area contributed by atoms with Crippen molar-refractivity contribution in [3.05, 3.63) is 29.8 Å². The third-order valence-corrected chi connectivity index (χ3v) is 2.73. The normalized spacial score (nSPS) is 12.2. The SMILES string of the molecule is CCN(C)c1ccc(COC[C@H](N)C(=O)O)cc1. The maximum absolute atomic E-state index is 10.5. The van der Waals surface area contributed by atoms with Crippen LogP contribution in [0.5, 0.6) is 0 Å². The highest BCUT2D eigenvalue weighted by Crippen LogP contribution is 2.13. The van der Waals surface area contributed by atoms with Crippen LogP contribution in [0.1, 0.15) is 12.5 Å². The van der Waals surface area contributed by atoms with Crippen LogP contribution in [0.3, 0.4) is 0 Å². The summed E-state index contributed by atoms with van der Waals surface area (Å²) in [6.45, 7) is 3.43. The Morgan fingerprint density at radius 2 is 2.06 bits per heavy atom. The van der Waals surface area contributed by atoms with Gasteiger partial charge in [-0.2, -0.15) is 0 Å². The van der Waals surface area contributed by atoms with Crippen LogP contribution in [-0.4, -0.2) is 37.3 Å². The molecule has 0 amide bonds. The second kappa shape index (κ2) is 6.98. The van der Waals surface area contributed by atoms with E-state index in [4.69, 9.17) is 15.6 Å². The summed E-state index contributed by atoms with van der Waals surface area (Å²) < 4.78 is 5.25. The smallest absolute Gasteiger partial charge is 0.322 e. The van der Waals surface area contributed by atoms with Gasteiger partial charge in [-0.3, -0.25) is 4.79 Å². The van der Waals surface area contributed by atoms with E-state index in [0.717, 1.165) is 17.8 Å². The Bertz CT molecular complexity index is 378. The van der Waals surface area contributed by atoms with Crippen molar-refractivity contribution in [2.24, 2.45) is 5.73 Å². The molecular formula is C13H20N2O3. The Balaban J connectivity index is 2.42. The van der Waals surface area contributed by atoms with E-state index in [1.54, 1.807) is 0 Å². The molecule has 0 aliphatic heterocycles. The van der Waals surface area contributed by atoms with Crippen molar-refractivity contribution >= 4 is 11.7 Å². The number of aliphatic carboxylic acids is 1. The van der Waals surface area contributed by atoms with Crippen LogP contribution in [-0.2, 0) is 16.1 Å². The third kappa shape index (κ3) is 4.35. The Morgan fingerprint density at radius 3 is 2.56 bits per heavy atom. The minimum absolute atomic E-state index is 0.0198. The second-order valence-corrected chi connectivity index (χ2v) is 4.14. The summed E-state index contributed by atoms with van der Waals surface area (Å²) in [5.74, 6) is -1.05. The van der Waals surface area contributed by atoms with Gasteiger partial charge in [0, 0.05) is 19.3 Å². The molecule has 0 aliphatic rings. The molecule has 5 heteroatoms. The largest absolute Gasteiger partial charge is 0.480 e. The number of ether oxygens (including phenoxy) is 1. The molecule has 0 fully saturated rings. The van der Waals surface area contributed by atoms with Crippen molar-refractivity contribution in [3.8, 4) is 0 Å². The number of hydrogen-bond donors (Lipinski definition) is 2. The van der Waals surface area contributed by atoms with Crippen LogP contribution < -0.4 is 10.6 Å². The van der Waals surface area contributed by atoms with E-state index in [1.165, 1.54) is 0 Å². The van der Waals surface area contributed by atoms with Crippen LogP contribution >= 0.6 is 0 Å². The van der Waals surface area contributed by atoms with Gasteiger partial charge in [0.05, 0.1) is 13.2 Å². The molecule has 100 valence electrons. The molecule has 0 radical (unpaired) electrons. The van der Waals surface area contributed by atoms with Crippen molar-refractivity contribution in [2.45, 2.75) is 19.6 Å². The quantitative estimate of drug-likeness (QED) is 0.759. The number of nitrogens with zero attached hydrogens (tertiary/aromatic N) is 1. The number of carboxylic acids is 1. The van der Waals surface area contributed by atoms with Gasteiger partial charge >= 0.3 is 5.97 Å². The van der Waals surface area contributed by atoms with Crippen molar-refractivity contribution < 1.29 is 14.6 Å². The maximum Gasteiger partial charge on any atom is 0.322 e. The second-order valence-electron chi connectivity index (χ2n) is 4.14. The van der Waals surface area contributed by atoms with E-state index in [2.05, 4.69) is 11.8 Å². The highest BCUT2D eigenvalue weighted by atomic mass is 16.5. The van der Waals surface area contributed by atoms with Gasteiger partial charge in [0.25, 0.3) is 0 Å². The van der Waals surface area contributed by atoms with Gasteiger partial charge in [-0.1, -0.05) is 12.1 Å². The molecule has 0 aromatic heterocycles. The summed E-state index contributed by atoms with van der Waals surface area (Å²) in [6.07, 6.45) is 0. The number of rotatable bonds is 7. The van der Waals surface area contributed by atoms with Crippen molar-refractivity contribution in [2.75, 3.05) is 25.1 Å². The van der Waals surface area contributed by atoms with E-state index >= 15 is 0 Å². The van der Waals surface area contributed by atoms with Crippen molar-refractivity contribution in [3.63, 3.8) is 0 Å². The zero-order valence-electron chi connectivity index (χ0n) is 10.8. The van der Waals surface area contributed by atoms with Crippen molar-refractivity contribution in [1.82, 2.24) is 0 Å². The highest BCUT2D eigenvalue weighted by molar-refractivity contribution is 5.73. The first kappa shape index (κ1) is 14.5. The molecule has 1 aromatic rings. The first-order chi connectivity index (χ1) is 8.54. The standard InChI is InChI=1S/C13H20N2O3/c1-3-15(2)11-6-4-10(5-7-11)8-18-9-12(14)13(16)17/h4-7,12H,3,8-9,14H2,1-2H3,(H,16,17)/t12-/m0/s1. The number of carboxylic acid groups (broad SMARTS) is 1. The maximum atomic E-state index is 10.5. The predicted molar refractivity (Wildman–Crippen MR) is 70.7 cm³/mol. The molecule has 18 heavy (non-hydrogen) atoms. The molecule has 1 atom stereocenters. The number of carbonyl (C=O) groups is 1. The number of anilines is 1. The fourth-order valence-corrected chi connectivity index (χ4v) is 1.40. The van der Waals surface area contributed by atoms with Gasteiger partial charge in [0.2, 0.25) is 0 Å². The Hall–Kier alpha value is -1.59. The van der Waals surface area contributed by atoms with E-state index in [9.17, 15) is 4.79 Å². The van der Waals surface area contributed by atoms with E-state index in [0.29, 0.717) is 6.61 Å². The van der Waals surface area contributed by atoms with Crippen LogP contribution in [0.15, 0.2) is 24.3 Å². The lowest BCUT2D eigenvalue weighted by atomic mass is 10.2. The van der Waals surface area contributed by atoms with E-state index in [-0.39, 0.29) is 6.61 Å². The van der Waals surface area contributed by atoms with Crippen molar-refractivity contribution in [1.29, 1.82) is 0 Å². The van der Waals surface area contributed by atoms with Crippen LogP contribution in [0.25, 0.3) is 0 Å². The minimum atomic E-state index is -1.05. The zero-order chi connectivity index (χ0) is 13.5. The van der Waals surface area contributed by atoms with Gasteiger partial charge in [-0.05, 0) is 24.6 Å². The first-order valence-corrected chi connectivity index (χ1v) is 5.90. The lowest BCUT2D eigenvalue weighted by molar-refractivity contribution is -0.140. The predicted octanol–water partition coefficient (Wildman–Crippen LogP) is 1.07. The number of benzene rings is 1. The third-order valence-electron chi connectivity index (χ3n) is 2.73. The molecule has 1 rings (SSSR count). The monoisotopic (exact) mass is 252 g/mol. The molecule has 0 spiro atoms. The van der Waals surface area contributed by atoms with Gasteiger partial charge < -0.3 is 20.5 Å².